The number of anilines is 1. The Bertz CT molecular complexity index is 985. The fourth-order valence-electron chi connectivity index (χ4n) is 3.44. The number of amides is 1. The van der Waals surface area contributed by atoms with E-state index in [1.54, 1.807) is 4.90 Å². The first-order chi connectivity index (χ1) is 13.7. The molecule has 6 nitrogen and oxygen atoms in total. The lowest BCUT2D eigenvalue weighted by atomic mass is 10.1. The van der Waals surface area contributed by atoms with Gasteiger partial charge in [-0.25, -0.2) is 8.42 Å². The van der Waals surface area contributed by atoms with E-state index >= 15 is 0 Å². The number of nitrogens with zero attached hydrogens (tertiary/aromatic N) is 3. The number of rotatable bonds is 5. The first-order valence-corrected chi connectivity index (χ1v) is 11.3. The SMILES string of the molecule is Cc1cccc(N2CCN(C(=O)CN(C)S(=O)(=O)c3ccc(Cl)cc3)CC2)c1C. The van der Waals surface area contributed by atoms with E-state index in [2.05, 4.69) is 30.9 Å². The number of halogens is 1. The molecule has 2 aromatic carbocycles. The largest absolute Gasteiger partial charge is 0.368 e. The molecule has 0 atom stereocenters. The Hall–Kier alpha value is -2.09. The minimum absolute atomic E-state index is 0.122. The molecule has 1 saturated heterocycles. The number of carbonyl (C=O) groups excluding carboxylic acids is 1. The van der Waals surface area contributed by atoms with E-state index in [1.807, 2.05) is 6.07 Å². The molecule has 2 aromatic rings. The van der Waals surface area contributed by atoms with Gasteiger partial charge >= 0.3 is 0 Å². The summed E-state index contributed by atoms with van der Waals surface area (Å²) in [4.78, 5) is 16.8. The van der Waals surface area contributed by atoms with E-state index in [-0.39, 0.29) is 17.3 Å². The van der Waals surface area contributed by atoms with E-state index in [0.717, 1.165) is 17.4 Å². The zero-order valence-electron chi connectivity index (χ0n) is 16.9. The molecule has 3 rings (SSSR count). The lowest BCUT2D eigenvalue weighted by Crippen LogP contribution is -2.51. The molecular formula is C21H26ClN3O3S. The Balaban J connectivity index is 1.61. The van der Waals surface area contributed by atoms with Crippen molar-refractivity contribution in [2.75, 3.05) is 44.7 Å². The topological polar surface area (TPSA) is 60.9 Å². The molecule has 1 aliphatic rings. The van der Waals surface area contributed by atoms with Crippen molar-refractivity contribution in [2.45, 2.75) is 18.7 Å². The lowest BCUT2D eigenvalue weighted by Gasteiger charge is -2.37. The number of benzene rings is 2. The molecular weight excluding hydrogens is 410 g/mol. The Morgan fingerprint density at radius 3 is 2.28 bits per heavy atom. The van der Waals surface area contributed by atoms with Gasteiger partial charge in [-0.15, -0.1) is 0 Å². The van der Waals surface area contributed by atoms with Crippen molar-refractivity contribution < 1.29 is 13.2 Å². The molecule has 0 aliphatic carbocycles. The van der Waals surface area contributed by atoms with Gasteiger partial charge in [-0.2, -0.15) is 4.31 Å². The highest BCUT2D eigenvalue weighted by Gasteiger charge is 2.27. The van der Waals surface area contributed by atoms with Gasteiger partial charge in [0.15, 0.2) is 0 Å². The smallest absolute Gasteiger partial charge is 0.243 e. The van der Waals surface area contributed by atoms with Crippen molar-refractivity contribution in [1.29, 1.82) is 0 Å². The van der Waals surface area contributed by atoms with Crippen LogP contribution in [0.25, 0.3) is 0 Å². The number of aryl methyl sites for hydroxylation is 1. The molecule has 0 unspecified atom stereocenters. The third-order valence-electron chi connectivity index (χ3n) is 5.43. The van der Waals surface area contributed by atoms with Gasteiger partial charge in [-0.3, -0.25) is 4.79 Å². The maximum atomic E-state index is 12.7. The van der Waals surface area contributed by atoms with Gasteiger partial charge in [-0.1, -0.05) is 23.7 Å². The monoisotopic (exact) mass is 435 g/mol. The second-order valence-corrected chi connectivity index (χ2v) is 9.78. The summed E-state index contributed by atoms with van der Waals surface area (Å²) in [5, 5.41) is 0.462. The van der Waals surface area contributed by atoms with Crippen LogP contribution in [0.15, 0.2) is 47.4 Å². The summed E-state index contributed by atoms with van der Waals surface area (Å²) < 4.78 is 26.4. The summed E-state index contributed by atoms with van der Waals surface area (Å²) in [6, 6.07) is 12.2. The van der Waals surface area contributed by atoms with Crippen molar-refractivity contribution >= 4 is 33.2 Å². The van der Waals surface area contributed by atoms with Gasteiger partial charge in [-0.05, 0) is 55.3 Å². The lowest BCUT2D eigenvalue weighted by molar-refractivity contribution is -0.131. The number of piperazine rings is 1. The molecule has 0 N–H and O–H groups in total. The van der Waals surface area contributed by atoms with Crippen LogP contribution < -0.4 is 4.90 Å². The fourth-order valence-corrected chi connectivity index (χ4v) is 4.68. The highest BCUT2D eigenvalue weighted by Crippen LogP contribution is 2.24. The number of carbonyl (C=O) groups is 1. The standard InChI is InChI=1S/C21H26ClN3O3S/c1-16-5-4-6-20(17(16)2)24-11-13-25(14-12-24)21(26)15-23(3)29(27,28)19-9-7-18(22)8-10-19/h4-10H,11-15H2,1-3H3. The average molecular weight is 436 g/mol. The Labute approximate surface area is 177 Å². The van der Waals surface area contributed by atoms with Crippen LogP contribution >= 0.6 is 11.6 Å². The minimum atomic E-state index is -3.74. The predicted octanol–water partition coefficient (Wildman–Crippen LogP) is 2.93. The van der Waals surface area contributed by atoms with E-state index in [4.69, 9.17) is 11.6 Å². The molecule has 1 aliphatic heterocycles. The molecule has 29 heavy (non-hydrogen) atoms. The summed E-state index contributed by atoms with van der Waals surface area (Å²) in [6.07, 6.45) is 0. The van der Waals surface area contributed by atoms with Crippen LogP contribution in [-0.4, -0.2) is 63.3 Å². The van der Waals surface area contributed by atoms with Crippen LogP contribution in [-0.2, 0) is 14.8 Å². The molecule has 0 spiro atoms. The highest BCUT2D eigenvalue weighted by molar-refractivity contribution is 7.89. The molecule has 1 fully saturated rings. The van der Waals surface area contributed by atoms with Gasteiger partial charge in [0.25, 0.3) is 0 Å². The van der Waals surface area contributed by atoms with Gasteiger partial charge in [0.05, 0.1) is 11.4 Å². The number of likely N-dealkylation sites (N-methyl/N-ethyl adjacent to an activating group) is 1. The first-order valence-electron chi connectivity index (χ1n) is 9.51. The zero-order valence-corrected chi connectivity index (χ0v) is 18.5. The van der Waals surface area contributed by atoms with Crippen molar-refractivity contribution in [3.05, 3.63) is 58.6 Å². The maximum Gasteiger partial charge on any atom is 0.243 e. The molecule has 0 saturated carbocycles. The summed E-state index contributed by atoms with van der Waals surface area (Å²) in [6.45, 7) is 6.61. The van der Waals surface area contributed by atoms with Crippen LogP contribution in [0.2, 0.25) is 5.02 Å². The minimum Gasteiger partial charge on any atom is -0.368 e. The summed E-state index contributed by atoms with van der Waals surface area (Å²) in [5.41, 5.74) is 3.69. The van der Waals surface area contributed by atoms with Crippen LogP contribution in [0.3, 0.4) is 0 Å². The van der Waals surface area contributed by atoms with E-state index in [1.165, 1.54) is 48.1 Å². The first kappa shape index (κ1) is 21.6. The van der Waals surface area contributed by atoms with Crippen LogP contribution in [0.4, 0.5) is 5.69 Å². The molecule has 8 heteroatoms. The maximum absolute atomic E-state index is 12.7. The average Bonchev–Trinajstić information content (AvgIpc) is 2.70. The molecule has 0 aromatic heterocycles. The molecule has 1 heterocycles. The molecule has 0 bridgehead atoms. The number of sulfonamides is 1. The van der Waals surface area contributed by atoms with Gasteiger partial charge in [0, 0.05) is 43.9 Å². The molecule has 156 valence electrons. The summed E-state index contributed by atoms with van der Waals surface area (Å²) in [5.74, 6) is -0.189. The van der Waals surface area contributed by atoms with Crippen LogP contribution in [0.1, 0.15) is 11.1 Å². The van der Waals surface area contributed by atoms with Crippen LogP contribution in [0.5, 0.6) is 0 Å². The normalized spacial score (nSPS) is 15.1. The molecule has 0 radical (unpaired) electrons. The van der Waals surface area contributed by atoms with Crippen molar-refractivity contribution in [3.63, 3.8) is 0 Å². The summed E-state index contributed by atoms with van der Waals surface area (Å²) >= 11 is 5.83. The summed E-state index contributed by atoms with van der Waals surface area (Å²) in [7, 11) is -2.31. The highest BCUT2D eigenvalue weighted by atomic mass is 35.5. The Morgan fingerprint density at radius 1 is 1.03 bits per heavy atom. The number of hydrogen-bond acceptors (Lipinski definition) is 4. The van der Waals surface area contributed by atoms with E-state index in [9.17, 15) is 13.2 Å². The van der Waals surface area contributed by atoms with E-state index < -0.39 is 10.0 Å². The quantitative estimate of drug-likeness (QED) is 0.724. The van der Waals surface area contributed by atoms with Gasteiger partial charge < -0.3 is 9.80 Å². The van der Waals surface area contributed by atoms with Crippen LogP contribution in [0, 0.1) is 13.8 Å². The fraction of sp³-hybridized carbons (Fsp3) is 0.381. The molecule has 1 amide bonds. The Morgan fingerprint density at radius 2 is 1.66 bits per heavy atom. The predicted molar refractivity (Wildman–Crippen MR) is 116 cm³/mol. The third-order valence-corrected chi connectivity index (χ3v) is 7.50. The number of hydrogen-bond donors (Lipinski definition) is 0. The zero-order chi connectivity index (χ0) is 21.2. The Kier molecular flexibility index (Phi) is 6.51. The van der Waals surface area contributed by atoms with Gasteiger partial charge in [0.1, 0.15) is 0 Å². The second-order valence-electron chi connectivity index (χ2n) is 7.30. The van der Waals surface area contributed by atoms with Crippen molar-refractivity contribution in [2.24, 2.45) is 0 Å². The van der Waals surface area contributed by atoms with E-state index in [0.29, 0.717) is 18.1 Å². The van der Waals surface area contributed by atoms with Crippen molar-refractivity contribution in [3.8, 4) is 0 Å². The van der Waals surface area contributed by atoms with Crippen molar-refractivity contribution in [1.82, 2.24) is 9.21 Å². The third kappa shape index (κ3) is 4.74. The van der Waals surface area contributed by atoms with Gasteiger partial charge in [0.2, 0.25) is 15.9 Å². The second kappa shape index (κ2) is 8.73.